The summed E-state index contributed by atoms with van der Waals surface area (Å²) in [4.78, 5) is 11.9. The molecule has 0 spiro atoms. The van der Waals surface area contributed by atoms with Crippen LogP contribution in [0.5, 0.6) is 23.0 Å². The standard InChI is InChI=1S/C26H27FN2O8S/c1-34-19-14-23(36-3)20(24(15-19)37-4)11-12-38(32,33)29-18-9-10-22(35-2)21(13-18)28-25(26(30)31)16-5-7-17(27)8-6-16/h5-15,25,28-29H,1-4H3,(H,30,31)/b12-11+. The van der Waals surface area contributed by atoms with Crippen LogP contribution in [-0.4, -0.2) is 47.9 Å². The summed E-state index contributed by atoms with van der Waals surface area (Å²) in [5.41, 5.74) is 1.00. The number of anilines is 2. The highest BCUT2D eigenvalue weighted by Gasteiger charge is 2.22. The molecule has 0 radical (unpaired) electrons. The van der Waals surface area contributed by atoms with Crippen LogP contribution in [0.2, 0.25) is 0 Å². The summed E-state index contributed by atoms with van der Waals surface area (Å²) in [7, 11) is 1.69. The highest BCUT2D eigenvalue weighted by atomic mass is 32.2. The Morgan fingerprint density at radius 1 is 0.895 bits per heavy atom. The zero-order chi connectivity index (χ0) is 27.9. The molecule has 0 saturated heterocycles. The number of methoxy groups -OCH3 is 4. The van der Waals surface area contributed by atoms with Gasteiger partial charge in [0.15, 0.2) is 6.04 Å². The van der Waals surface area contributed by atoms with E-state index in [1.165, 1.54) is 64.8 Å². The van der Waals surface area contributed by atoms with Gasteiger partial charge in [-0.3, -0.25) is 4.72 Å². The fraction of sp³-hybridized carbons (Fsp3) is 0.192. The molecule has 0 aliphatic heterocycles. The lowest BCUT2D eigenvalue weighted by Gasteiger charge is -2.19. The average molecular weight is 547 g/mol. The first kappa shape index (κ1) is 28.1. The molecule has 0 amide bonds. The molecule has 1 atom stereocenters. The quantitative estimate of drug-likeness (QED) is 0.300. The number of carboxylic acids is 1. The second-order valence-electron chi connectivity index (χ2n) is 7.78. The van der Waals surface area contributed by atoms with Crippen molar-refractivity contribution >= 4 is 33.4 Å². The molecule has 0 aliphatic carbocycles. The molecule has 12 heteroatoms. The highest BCUT2D eigenvalue weighted by molar-refractivity contribution is 7.95. The molecule has 0 fully saturated rings. The van der Waals surface area contributed by atoms with Crippen LogP contribution in [0.4, 0.5) is 15.8 Å². The van der Waals surface area contributed by atoms with Gasteiger partial charge in [-0.15, -0.1) is 0 Å². The molecule has 1 unspecified atom stereocenters. The smallest absolute Gasteiger partial charge is 0.330 e. The number of benzene rings is 3. The number of hydrogen-bond donors (Lipinski definition) is 3. The topological polar surface area (TPSA) is 132 Å². The number of carboxylic acid groups (broad SMARTS) is 1. The van der Waals surface area contributed by atoms with Crippen molar-refractivity contribution in [3.05, 3.63) is 76.9 Å². The van der Waals surface area contributed by atoms with E-state index in [1.54, 1.807) is 12.1 Å². The zero-order valence-electron chi connectivity index (χ0n) is 21.0. The van der Waals surface area contributed by atoms with Crippen molar-refractivity contribution in [2.45, 2.75) is 6.04 Å². The summed E-state index contributed by atoms with van der Waals surface area (Å²) in [5.74, 6) is -0.326. The monoisotopic (exact) mass is 546 g/mol. The lowest BCUT2D eigenvalue weighted by molar-refractivity contribution is -0.138. The van der Waals surface area contributed by atoms with Crippen molar-refractivity contribution in [1.82, 2.24) is 0 Å². The molecule has 3 rings (SSSR count). The SMILES string of the molecule is COc1cc(OC)c(/C=C/S(=O)(=O)Nc2ccc(OC)c(NC(C(=O)O)c3ccc(F)cc3)c2)c(OC)c1. The second kappa shape index (κ2) is 12.2. The number of rotatable bonds is 12. The van der Waals surface area contributed by atoms with Gasteiger partial charge in [-0.1, -0.05) is 12.1 Å². The number of halogens is 1. The normalized spacial score (nSPS) is 12.0. The molecule has 0 aliphatic rings. The minimum atomic E-state index is -4.04. The number of ether oxygens (including phenoxy) is 4. The van der Waals surface area contributed by atoms with Crippen molar-refractivity contribution in [2.75, 3.05) is 38.5 Å². The molecule has 3 N–H and O–H groups in total. The first-order valence-electron chi connectivity index (χ1n) is 11.0. The summed E-state index contributed by atoms with van der Waals surface area (Å²) in [6.07, 6.45) is 1.32. The maximum absolute atomic E-state index is 13.3. The van der Waals surface area contributed by atoms with Crippen molar-refractivity contribution in [2.24, 2.45) is 0 Å². The number of carbonyl (C=O) groups is 1. The van der Waals surface area contributed by atoms with Gasteiger partial charge in [0.05, 0.1) is 50.8 Å². The molecule has 0 bridgehead atoms. The van der Waals surface area contributed by atoms with Crippen LogP contribution in [0.3, 0.4) is 0 Å². The Hall–Kier alpha value is -4.45. The van der Waals surface area contributed by atoms with Crippen molar-refractivity contribution in [3.63, 3.8) is 0 Å². The Bertz CT molecular complexity index is 1400. The lowest BCUT2D eigenvalue weighted by Crippen LogP contribution is -2.21. The molecule has 10 nitrogen and oxygen atoms in total. The van der Waals surface area contributed by atoms with E-state index in [0.717, 1.165) is 17.5 Å². The van der Waals surface area contributed by atoms with Gasteiger partial charge < -0.3 is 29.4 Å². The number of nitrogens with one attached hydrogen (secondary N) is 2. The van der Waals surface area contributed by atoms with E-state index in [0.29, 0.717) is 22.8 Å². The summed E-state index contributed by atoms with van der Waals surface area (Å²) in [6, 6.07) is 11.2. The van der Waals surface area contributed by atoms with Crippen LogP contribution in [0.1, 0.15) is 17.2 Å². The number of sulfonamides is 1. The number of aliphatic carboxylic acids is 1. The Morgan fingerprint density at radius 2 is 1.50 bits per heavy atom. The van der Waals surface area contributed by atoms with Crippen LogP contribution < -0.4 is 29.0 Å². The predicted octanol–water partition coefficient (Wildman–Crippen LogP) is 4.51. The van der Waals surface area contributed by atoms with Crippen LogP contribution in [0.25, 0.3) is 6.08 Å². The van der Waals surface area contributed by atoms with Gasteiger partial charge in [0.25, 0.3) is 10.0 Å². The van der Waals surface area contributed by atoms with Gasteiger partial charge in [-0.05, 0) is 42.0 Å². The highest BCUT2D eigenvalue weighted by Crippen LogP contribution is 2.36. The van der Waals surface area contributed by atoms with Gasteiger partial charge in [-0.2, -0.15) is 0 Å². The fourth-order valence-corrected chi connectivity index (χ4v) is 4.37. The van der Waals surface area contributed by atoms with E-state index in [2.05, 4.69) is 10.0 Å². The summed E-state index contributed by atoms with van der Waals surface area (Å²) in [6.45, 7) is 0. The Balaban J connectivity index is 1.90. The summed E-state index contributed by atoms with van der Waals surface area (Å²) in [5, 5.41) is 13.5. The molecule has 38 heavy (non-hydrogen) atoms. The minimum Gasteiger partial charge on any atom is -0.496 e. The van der Waals surface area contributed by atoms with Gasteiger partial charge in [0, 0.05) is 12.1 Å². The molecule has 0 saturated carbocycles. The fourth-order valence-electron chi connectivity index (χ4n) is 3.54. The van der Waals surface area contributed by atoms with Crippen molar-refractivity contribution in [1.29, 1.82) is 0 Å². The van der Waals surface area contributed by atoms with Crippen LogP contribution >= 0.6 is 0 Å². The van der Waals surface area contributed by atoms with E-state index < -0.39 is 27.9 Å². The molecular weight excluding hydrogens is 519 g/mol. The van der Waals surface area contributed by atoms with Gasteiger partial charge in [-0.25, -0.2) is 17.6 Å². The molecule has 0 heterocycles. The first-order valence-corrected chi connectivity index (χ1v) is 12.6. The predicted molar refractivity (Wildman–Crippen MR) is 141 cm³/mol. The minimum absolute atomic E-state index is 0.134. The van der Waals surface area contributed by atoms with E-state index >= 15 is 0 Å². The maximum Gasteiger partial charge on any atom is 0.330 e. The van der Waals surface area contributed by atoms with E-state index in [1.807, 2.05) is 0 Å². The Labute approximate surface area is 219 Å². The molecule has 202 valence electrons. The van der Waals surface area contributed by atoms with E-state index in [4.69, 9.17) is 18.9 Å². The Kier molecular flexibility index (Phi) is 9.02. The van der Waals surface area contributed by atoms with Crippen LogP contribution in [0, 0.1) is 5.82 Å². The zero-order valence-corrected chi connectivity index (χ0v) is 21.8. The van der Waals surface area contributed by atoms with Gasteiger partial charge >= 0.3 is 5.97 Å². The third kappa shape index (κ3) is 6.85. The lowest BCUT2D eigenvalue weighted by atomic mass is 10.1. The van der Waals surface area contributed by atoms with Gasteiger partial charge in [0.1, 0.15) is 28.8 Å². The first-order chi connectivity index (χ1) is 18.1. The summed E-state index contributed by atoms with van der Waals surface area (Å²) >= 11 is 0. The van der Waals surface area contributed by atoms with E-state index in [9.17, 15) is 22.7 Å². The second-order valence-corrected chi connectivity index (χ2v) is 9.34. The molecule has 0 aromatic heterocycles. The Morgan fingerprint density at radius 3 is 2.03 bits per heavy atom. The number of hydrogen-bond acceptors (Lipinski definition) is 8. The summed E-state index contributed by atoms with van der Waals surface area (Å²) < 4.78 is 62.6. The largest absolute Gasteiger partial charge is 0.496 e. The average Bonchev–Trinajstić information content (AvgIpc) is 2.90. The third-order valence-electron chi connectivity index (χ3n) is 5.38. The maximum atomic E-state index is 13.3. The van der Waals surface area contributed by atoms with Crippen molar-refractivity contribution in [3.8, 4) is 23.0 Å². The van der Waals surface area contributed by atoms with Crippen molar-refractivity contribution < 1.29 is 41.7 Å². The molecule has 3 aromatic rings. The van der Waals surface area contributed by atoms with E-state index in [-0.39, 0.29) is 22.7 Å². The molecular formula is C26H27FN2O8S. The van der Waals surface area contributed by atoms with Crippen LogP contribution in [0.15, 0.2) is 60.0 Å². The van der Waals surface area contributed by atoms with Crippen LogP contribution in [-0.2, 0) is 14.8 Å². The van der Waals surface area contributed by atoms with Gasteiger partial charge in [0.2, 0.25) is 0 Å². The molecule has 3 aromatic carbocycles. The third-order valence-corrected chi connectivity index (χ3v) is 6.39.